The fourth-order valence-corrected chi connectivity index (χ4v) is 3.71. The first-order valence-corrected chi connectivity index (χ1v) is 10.0. The minimum Gasteiger partial charge on any atom is -0.376 e. The van der Waals surface area contributed by atoms with Crippen molar-refractivity contribution < 1.29 is 14.3 Å². The van der Waals surface area contributed by atoms with Crippen LogP contribution in [0.2, 0.25) is 0 Å². The van der Waals surface area contributed by atoms with Crippen LogP contribution in [0.3, 0.4) is 0 Å². The minimum atomic E-state index is -0.388. The van der Waals surface area contributed by atoms with E-state index >= 15 is 0 Å². The van der Waals surface area contributed by atoms with E-state index in [1.165, 1.54) is 12.0 Å². The van der Waals surface area contributed by atoms with Crippen molar-refractivity contribution in [3.8, 4) is 0 Å². The van der Waals surface area contributed by atoms with Crippen LogP contribution in [0.1, 0.15) is 38.2 Å². The number of nitrogens with zero attached hydrogens (tertiary/aromatic N) is 2. The van der Waals surface area contributed by atoms with Crippen LogP contribution in [-0.4, -0.2) is 67.3 Å². The highest BCUT2D eigenvalue weighted by Crippen LogP contribution is 2.15. The fourth-order valence-electron chi connectivity index (χ4n) is 3.71. The van der Waals surface area contributed by atoms with Crippen LogP contribution < -0.4 is 0 Å². The summed E-state index contributed by atoms with van der Waals surface area (Å²) in [6.45, 7) is 7.71. The van der Waals surface area contributed by atoms with Crippen molar-refractivity contribution in [1.29, 1.82) is 0 Å². The average molecular weight is 360 g/mol. The maximum Gasteiger partial charge on any atom is 0.251 e. The highest BCUT2D eigenvalue weighted by atomic mass is 16.5. The van der Waals surface area contributed by atoms with Gasteiger partial charge in [-0.2, -0.15) is 0 Å². The monoisotopic (exact) mass is 360 g/mol. The lowest BCUT2D eigenvalue weighted by Gasteiger charge is -2.27. The Hall–Kier alpha value is -1.43. The Balaban J connectivity index is 1.42. The molecule has 26 heavy (non-hydrogen) atoms. The van der Waals surface area contributed by atoms with E-state index in [0.717, 1.165) is 58.6 Å². The van der Waals surface area contributed by atoms with E-state index in [-0.39, 0.29) is 18.1 Å². The quantitative estimate of drug-likeness (QED) is 0.782. The van der Waals surface area contributed by atoms with E-state index in [2.05, 4.69) is 29.2 Å². The molecule has 144 valence electrons. The molecule has 0 aliphatic carbocycles. The summed E-state index contributed by atoms with van der Waals surface area (Å²) < 4.78 is 11.5. The van der Waals surface area contributed by atoms with Crippen LogP contribution in [0.5, 0.6) is 0 Å². The Morgan fingerprint density at radius 1 is 1.15 bits per heavy atom. The number of rotatable bonds is 6. The predicted octanol–water partition coefficient (Wildman–Crippen LogP) is 2.70. The molecular weight excluding hydrogens is 328 g/mol. The van der Waals surface area contributed by atoms with Gasteiger partial charge in [0.2, 0.25) is 0 Å². The lowest BCUT2D eigenvalue weighted by Crippen LogP contribution is -2.42. The van der Waals surface area contributed by atoms with Crippen LogP contribution in [0, 0.1) is 0 Å². The molecule has 3 rings (SSSR count). The van der Waals surface area contributed by atoms with Gasteiger partial charge in [-0.1, -0.05) is 30.3 Å². The fraction of sp³-hybridized carbons (Fsp3) is 0.667. The summed E-state index contributed by atoms with van der Waals surface area (Å²) >= 11 is 0. The van der Waals surface area contributed by atoms with E-state index in [4.69, 9.17) is 9.47 Å². The summed E-state index contributed by atoms with van der Waals surface area (Å²) in [5.74, 6) is 0.113. The zero-order valence-electron chi connectivity index (χ0n) is 15.9. The molecule has 2 heterocycles. The summed E-state index contributed by atoms with van der Waals surface area (Å²) in [6, 6.07) is 10.5. The number of carbonyl (C=O) groups is 1. The molecule has 2 saturated heterocycles. The van der Waals surface area contributed by atoms with Crippen LogP contribution in [0.25, 0.3) is 0 Å². The standard InChI is InChI=1S/C21H32N2O3/c1-18(26-17-20-10-5-6-15-25-20)21(24)23-12-7-11-22(13-14-23)16-19-8-3-2-4-9-19/h2-4,8-9,18,20H,5-7,10-17H2,1H3/t18-,20-/m1/s1. The predicted molar refractivity (Wildman–Crippen MR) is 102 cm³/mol. The van der Waals surface area contributed by atoms with E-state index in [0.29, 0.717) is 6.61 Å². The Bertz CT molecular complexity index is 545. The van der Waals surface area contributed by atoms with Crippen molar-refractivity contribution in [1.82, 2.24) is 9.80 Å². The van der Waals surface area contributed by atoms with E-state index in [1.807, 2.05) is 17.9 Å². The number of ether oxygens (including phenoxy) is 2. The van der Waals surface area contributed by atoms with Crippen LogP contribution in [-0.2, 0) is 20.8 Å². The van der Waals surface area contributed by atoms with E-state index in [1.54, 1.807) is 0 Å². The van der Waals surface area contributed by atoms with Gasteiger partial charge >= 0.3 is 0 Å². The van der Waals surface area contributed by atoms with Crippen LogP contribution in [0.4, 0.5) is 0 Å². The van der Waals surface area contributed by atoms with Crippen molar-refractivity contribution in [2.75, 3.05) is 39.4 Å². The molecule has 2 aliphatic heterocycles. The third-order valence-corrected chi connectivity index (χ3v) is 5.30. The van der Waals surface area contributed by atoms with Gasteiger partial charge in [-0.25, -0.2) is 0 Å². The molecule has 0 unspecified atom stereocenters. The van der Waals surface area contributed by atoms with Crippen LogP contribution >= 0.6 is 0 Å². The van der Waals surface area contributed by atoms with Crippen molar-refractivity contribution >= 4 is 5.91 Å². The highest BCUT2D eigenvalue weighted by molar-refractivity contribution is 5.80. The lowest BCUT2D eigenvalue weighted by atomic mass is 10.1. The van der Waals surface area contributed by atoms with Gasteiger partial charge in [0.05, 0.1) is 12.7 Å². The number of amides is 1. The van der Waals surface area contributed by atoms with E-state index < -0.39 is 0 Å². The highest BCUT2D eigenvalue weighted by Gasteiger charge is 2.25. The largest absolute Gasteiger partial charge is 0.376 e. The Labute approximate surface area is 157 Å². The second-order valence-electron chi connectivity index (χ2n) is 7.40. The Morgan fingerprint density at radius 2 is 2.00 bits per heavy atom. The molecule has 0 saturated carbocycles. The topological polar surface area (TPSA) is 42.0 Å². The third kappa shape index (κ3) is 5.79. The molecule has 1 aromatic carbocycles. The molecule has 0 radical (unpaired) electrons. The smallest absolute Gasteiger partial charge is 0.251 e. The summed E-state index contributed by atoms with van der Waals surface area (Å²) in [4.78, 5) is 17.1. The molecule has 0 aromatic heterocycles. The van der Waals surface area contributed by atoms with Crippen LogP contribution in [0.15, 0.2) is 30.3 Å². The van der Waals surface area contributed by atoms with Gasteiger partial charge < -0.3 is 14.4 Å². The van der Waals surface area contributed by atoms with Gasteiger partial charge in [-0.05, 0) is 38.2 Å². The Kier molecular flexibility index (Phi) is 7.47. The molecule has 2 fully saturated rings. The first-order valence-electron chi connectivity index (χ1n) is 10.0. The van der Waals surface area contributed by atoms with E-state index in [9.17, 15) is 4.79 Å². The first kappa shape index (κ1) is 19.3. The molecule has 1 aromatic rings. The lowest BCUT2D eigenvalue weighted by molar-refractivity contribution is -0.146. The van der Waals surface area contributed by atoms with Gasteiger partial charge in [-0.3, -0.25) is 9.69 Å². The van der Waals surface area contributed by atoms with Crippen molar-refractivity contribution in [3.63, 3.8) is 0 Å². The molecule has 2 atom stereocenters. The summed E-state index contributed by atoms with van der Waals surface area (Å²) in [6.07, 6.45) is 4.15. The van der Waals surface area contributed by atoms with Gasteiger partial charge in [0, 0.05) is 39.3 Å². The average Bonchev–Trinajstić information content (AvgIpc) is 2.93. The van der Waals surface area contributed by atoms with Crippen molar-refractivity contribution in [3.05, 3.63) is 35.9 Å². The van der Waals surface area contributed by atoms with Crippen molar-refractivity contribution in [2.24, 2.45) is 0 Å². The summed E-state index contributed by atoms with van der Waals surface area (Å²) in [5.41, 5.74) is 1.33. The molecule has 1 amide bonds. The number of hydrogen-bond acceptors (Lipinski definition) is 4. The number of hydrogen-bond donors (Lipinski definition) is 0. The molecule has 0 N–H and O–H groups in total. The molecule has 5 nitrogen and oxygen atoms in total. The maximum atomic E-state index is 12.7. The second kappa shape index (κ2) is 10.0. The molecular formula is C21H32N2O3. The summed E-state index contributed by atoms with van der Waals surface area (Å²) in [5, 5.41) is 0. The van der Waals surface area contributed by atoms with Gasteiger partial charge in [0.25, 0.3) is 5.91 Å². The van der Waals surface area contributed by atoms with Gasteiger partial charge in [0.15, 0.2) is 0 Å². The minimum absolute atomic E-state index is 0.113. The number of carbonyl (C=O) groups excluding carboxylic acids is 1. The zero-order valence-corrected chi connectivity index (χ0v) is 15.9. The van der Waals surface area contributed by atoms with Gasteiger partial charge in [-0.15, -0.1) is 0 Å². The first-order chi connectivity index (χ1) is 12.7. The second-order valence-corrected chi connectivity index (χ2v) is 7.40. The van der Waals surface area contributed by atoms with Gasteiger partial charge in [0.1, 0.15) is 6.10 Å². The summed E-state index contributed by atoms with van der Waals surface area (Å²) in [7, 11) is 0. The molecule has 0 spiro atoms. The SMILES string of the molecule is C[C@@H](OC[C@H]1CCCCO1)C(=O)N1CCCN(Cc2ccccc2)CC1. The Morgan fingerprint density at radius 3 is 2.77 bits per heavy atom. The third-order valence-electron chi connectivity index (χ3n) is 5.30. The van der Waals surface area contributed by atoms with Crippen molar-refractivity contribution in [2.45, 2.75) is 51.4 Å². The molecule has 2 aliphatic rings. The maximum absolute atomic E-state index is 12.7. The molecule has 0 bridgehead atoms. The normalized spacial score (nSPS) is 23.4. The zero-order chi connectivity index (χ0) is 18.2. The molecule has 5 heteroatoms. The number of benzene rings is 1.